The number of hydrogen-bond acceptors (Lipinski definition) is 5. The summed E-state index contributed by atoms with van der Waals surface area (Å²) >= 11 is 0. The van der Waals surface area contributed by atoms with Crippen LogP contribution >= 0.6 is 0 Å². The highest BCUT2D eigenvalue weighted by Gasteiger charge is 2.38. The first-order chi connectivity index (χ1) is 9.76. The molecule has 2 aliphatic heterocycles. The summed E-state index contributed by atoms with van der Waals surface area (Å²) in [6, 6.07) is 0.548. The molecular weight excluding hydrogens is 256 g/mol. The zero-order chi connectivity index (χ0) is 13.8. The van der Waals surface area contributed by atoms with Gasteiger partial charge in [-0.2, -0.15) is 0 Å². The monoisotopic (exact) mass is 280 g/mol. The predicted molar refractivity (Wildman–Crippen MR) is 74.5 cm³/mol. The van der Waals surface area contributed by atoms with E-state index in [4.69, 9.17) is 9.47 Å². The molecule has 0 radical (unpaired) electrons. The summed E-state index contributed by atoms with van der Waals surface area (Å²) in [5, 5.41) is 11.7. The van der Waals surface area contributed by atoms with Crippen LogP contribution in [0.1, 0.15) is 31.4 Å². The molecule has 1 unspecified atom stereocenters. The standard InChI is InChI=1S/C14H24N4O2/c1-12-11-18(17-16-12)6-5-15-13-2-7-20-14(10-13)3-8-19-9-4-14/h11,13,15H,2-10H2,1H3. The van der Waals surface area contributed by atoms with Crippen molar-refractivity contribution in [3.63, 3.8) is 0 Å². The van der Waals surface area contributed by atoms with Gasteiger partial charge in [-0.3, -0.25) is 4.68 Å². The van der Waals surface area contributed by atoms with Crippen molar-refractivity contribution in [2.24, 2.45) is 0 Å². The Hall–Kier alpha value is -0.980. The van der Waals surface area contributed by atoms with Crippen molar-refractivity contribution in [1.29, 1.82) is 0 Å². The molecule has 0 bridgehead atoms. The third-order valence-electron chi connectivity index (χ3n) is 4.32. The van der Waals surface area contributed by atoms with Gasteiger partial charge in [0.15, 0.2) is 0 Å². The van der Waals surface area contributed by atoms with Gasteiger partial charge in [0.05, 0.1) is 17.8 Å². The molecule has 1 aromatic heterocycles. The quantitative estimate of drug-likeness (QED) is 0.888. The maximum atomic E-state index is 6.06. The molecule has 0 aliphatic carbocycles. The van der Waals surface area contributed by atoms with Gasteiger partial charge in [0.25, 0.3) is 0 Å². The van der Waals surface area contributed by atoms with Gasteiger partial charge in [0.2, 0.25) is 0 Å². The molecule has 1 atom stereocenters. The van der Waals surface area contributed by atoms with E-state index in [1.54, 1.807) is 0 Å². The van der Waals surface area contributed by atoms with Crippen LogP contribution in [0.4, 0.5) is 0 Å². The summed E-state index contributed by atoms with van der Waals surface area (Å²) in [6.45, 7) is 6.30. The largest absolute Gasteiger partial charge is 0.381 e. The van der Waals surface area contributed by atoms with E-state index >= 15 is 0 Å². The Balaban J connectivity index is 1.45. The second-order valence-corrected chi connectivity index (χ2v) is 5.91. The number of rotatable bonds is 4. The molecule has 1 aromatic rings. The van der Waals surface area contributed by atoms with E-state index in [0.29, 0.717) is 6.04 Å². The minimum absolute atomic E-state index is 0.0675. The van der Waals surface area contributed by atoms with Crippen molar-refractivity contribution in [3.05, 3.63) is 11.9 Å². The Morgan fingerprint density at radius 2 is 2.25 bits per heavy atom. The second-order valence-electron chi connectivity index (χ2n) is 5.91. The van der Waals surface area contributed by atoms with Crippen LogP contribution in [0.15, 0.2) is 6.20 Å². The predicted octanol–water partition coefficient (Wildman–Crippen LogP) is 0.904. The van der Waals surface area contributed by atoms with Crippen molar-refractivity contribution in [2.45, 2.75) is 50.8 Å². The van der Waals surface area contributed by atoms with Gasteiger partial charge in [-0.15, -0.1) is 5.10 Å². The fourth-order valence-corrected chi connectivity index (χ4v) is 3.18. The number of aromatic nitrogens is 3. The molecule has 3 rings (SSSR count). The minimum atomic E-state index is 0.0675. The molecule has 1 spiro atoms. The van der Waals surface area contributed by atoms with Crippen LogP contribution in [-0.4, -0.2) is 53.0 Å². The SMILES string of the molecule is Cc1cn(CCNC2CCOC3(CCOCC3)C2)nn1. The summed E-state index contributed by atoms with van der Waals surface area (Å²) in [5.74, 6) is 0. The Morgan fingerprint density at radius 1 is 1.40 bits per heavy atom. The molecule has 2 fully saturated rings. The molecule has 0 saturated carbocycles. The summed E-state index contributed by atoms with van der Waals surface area (Å²) in [7, 11) is 0. The molecule has 3 heterocycles. The van der Waals surface area contributed by atoms with E-state index < -0.39 is 0 Å². The molecule has 6 heteroatoms. The molecule has 2 saturated heterocycles. The highest BCUT2D eigenvalue weighted by atomic mass is 16.5. The summed E-state index contributed by atoms with van der Waals surface area (Å²) in [6.07, 6.45) is 6.25. The smallest absolute Gasteiger partial charge is 0.0796 e. The topological polar surface area (TPSA) is 61.2 Å². The second kappa shape index (κ2) is 6.20. The van der Waals surface area contributed by atoms with Crippen molar-refractivity contribution in [3.8, 4) is 0 Å². The lowest BCUT2D eigenvalue weighted by Crippen LogP contribution is -2.50. The third kappa shape index (κ3) is 3.37. The molecule has 0 amide bonds. The number of ether oxygens (including phenoxy) is 2. The highest BCUT2D eigenvalue weighted by molar-refractivity contribution is 4.91. The molecule has 1 N–H and O–H groups in total. The first-order valence-electron chi connectivity index (χ1n) is 7.58. The van der Waals surface area contributed by atoms with Gasteiger partial charge in [0.1, 0.15) is 0 Å². The van der Waals surface area contributed by atoms with E-state index in [0.717, 1.165) is 64.3 Å². The van der Waals surface area contributed by atoms with E-state index in [1.807, 2.05) is 17.8 Å². The lowest BCUT2D eigenvalue weighted by Gasteiger charge is -2.43. The van der Waals surface area contributed by atoms with Crippen LogP contribution in [0.2, 0.25) is 0 Å². The van der Waals surface area contributed by atoms with Crippen molar-refractivity contribution >= 4 is 0 Å². The summed E-state index contributed by atoms with van der Waals surface area (Å²) in [5.41, 5.74) is 1.04. The van der Waals surface area contributed by atoms with Crippen LogP contribution < -0.4 is 5.32 Å². The van der Waals surface area contributed by atoms with Crippen molar-refractivity contribution < 1.29 is 9.47 Å². The van der Waals surface area contributed by atoms with Crippen LogP contribution in [0, 0.1) is 6.92 Å². The highest BCUT2D eigenvalue weighted by Crippen LogP contribution is 2.34. The van der Waals surface area contributed by atoms with Gasteiger partial charge in [0, 0.05) is 38.6 Å². The molecular formula is C14H24N4O2. The molecule has 2 aliphatic rings. The third-order valence-corrected chi connectivity index (χ3v) is 4.32. The average molecular weight is 280 g/mol. The Kier molecular flexibility index (Phi) is 4.33. The maximum absolute atomic E-state index is 6.06. The normalized spacial score (nSPS) is 25.9. The zero-order valence-electron chi connectivity index (χ0n) is 12.2. The van der Waals surface area contributed by atoms with Crippen LogP contribution in [0.5, 0.6) is 0 Å². The minimum Gasteiger partial charge on any atom is -0.381 e. The lowest BCUT2D eigenvalue weighted by molar-refractivity contribution is -0.140. The Labute approximate surface area is 119 Å². The van der Waals surface area contributed by atoms with Gasteiger partial charge >= 0.3 is 0 Å². The first-order valence-corrected chi connectivity index (χ1v) is 7.58. The number of hydrogen-bond donors (Lipinski definition) is 1. The Bertz CT molecular complexity index is 423. The fourth-order valence-electron chi connectivity index (χ4n) is 3.18. The van der Waals surface area contributed by atoms with Crippen LogP contribution in [0.25, 0.3) is 0 Å². The summed E-state index contributed by atoms with van der Waals surface area (Å²) in [4.78, 5) is 0. The fraction of sp³-hybridized carbons (Fsp3) is 0.857. The van der Waals surface area contributed by atoms with Gasteiger partial charge in [-0.1, -0.05) is 5.21 Å². The molecule has 6 nitrogen and oxygen atoms in total. The maximum Gasteiger partial charge on any atom is 0.0796 e. The van der Waals surface area contributed by atoms with E-state index in [1.165, 1.54) is 0 Å². The van der Waals surface area contributed by atoms with Gasteiger partial charge in [-0.25, -0.2) is 0 Å². The molecule has 20 heavy (non-hydrogen) atoms. The van der Waals surface area contributed by atoms with Gasteiger partial charge < -0.3 is 14.8 Å². The van der Waals surface area contributed by atoms with Crippen LogP contribution in [-0.2, 0) is 16.0 Å². The zero-order valence-corrected chi connectivity index (χ0v) is 12.2. The first kappa shape index (κ1) is 14.0. The Morgan fingerprint density at radius 3 is 3.00 bits per heavy atom. The van der Waals surface area contributed by atoms with E-state index in [2.05, 4.69) is 15.6 Å². The molecule has 0 aromatic carbocycles. The number of nitrogens with zero attached hydrogens (tertiary/aromatic N) is 3. The van der Waals surface area contributed by atoms with Crippen LogP contribution in [0.3, 0.4) is 0 Å². The van der Waals surface area contributed by atoms with E-state index in [9.17, 15) is 0 Å². The number of nitrogens with one attached hydrogen (secondary N) is 1. The van der Waals surface area contributed by atoms with Gasteiger partial charge in [-0.05, 0) is 32.6 Å². The lowest BCUT2D eigenvalue weighted by atomic mass is 9.84. The summed E-state index contributed by atoms with van der Waals surface area (Å²) < 4.78 is 13.4. The van der Waals surface area contributed by atoms with E-state index in [-0.39, 0.29) is 5.60 Å². The van der Waals surface area contributed by atoms with Crippen molar-refractivity contribution in [1.82, 2.24) is 20.3 Å². The average Bonchev–Trinajstić information content (AvgIpc) is 2.86. The number of aryl methyl sites for hydroxylation is 1. The van der Waals surface area contributed by atoms with Crippen molar-refractivity contribution in [2.75, 3.05) is 26.4 Å². The molecule has 112 valence electrons.